The summed E-state index contributed by atoms with van der Waals surface area (Å²) < 4.78 is 13.4. The average molecular weight is 217 g/mol. The molecule has 84 valence electrons. The molecule has 0 fully saturated rings. The smallest absolute Gasteiger partial charge is 0.126 e. The van der Waals surface area contributed by atoms with E-state index >= 15 is 0 Å². The minimum Gasteiger partial charge on any atom is -0.264 e. The van der Waals surface area contributed by atoms with Crippen molar-refractivity contribution in [3.05, 3.63) is 41.5 Å². The van der Waals surface area contributed by atoms with Crippen LogP contribution in [-0.4, -0.2) is 4.98 Å². The van der Waals surface area contributed by atoms with Gasteiger partial charge in [0.1, 0.15) is 5.82 Å². The molecule has 0 atom stereocenters. The lowest BCUT2D eigenvalue weighted by molar-refractivity contribution is 0.592. The van der Waals surface area contributed by atoms with Gasteiger partial charge in [0.05, 0.1) is 0 Å². The summed E-state index contributed by atoms with van der Waals surface area (Å²) >= 11 is 0. The summed E-state index contributed by atoms with van der Waals surface area (Å²) in [4.78, 5) is 4.18. The van der Waals surface area contributed by atoms with Gasteiger partial charge in [0.15, 0.2) is 0 Å². The van der Waals surface area contributed by atoms with E-state index in [1.807, 2.05) is 12.3 Å². The fourth-order valence-corrected chi connectivity index (χ4v) is 1.90. The molecule has 16 heavy (non-hydrogen) atoms. The predicted molar refractivity (Wildman–Crippen MR) is 65.1 cm³/mol. The Morgan fingerprint density at radius 3 is 2.44 bits per heavy atom. The molecule has 2 heteroatoms. The van der Waals surface area contributed by atoms with Crippen LogP contribution in [0.4, 0.5) is 4.39 Å². The molecule has 0 saturated carbocycles. The van der Waals surface area contributed by atoms with Crippen LogP contribution in [0.25, 0.3) is 10.8 Å². The lowest BCUT2D eigenvalue weighted by Gasteiger charge is -2.21. The first-order valence-corrected chi connectivity index (χ1v) is 5.44. The standard InChI is InChI=1S/C14H16FN/c1-9-5-11-10(6-13(9)15)7-16-8-12(11)14(2,3)4/h5-8H,1-4H3. The maximum atomic E-state index is 13.4. The van der Waals surface area contributed by atoms with Crippen molar-refractivity contribution in [1.29, 1.82) is 0 Å². The van der Waals surface area contributed by atoms with Crippen molar-refractivity contribution in [2.24, 2.45) is 0 Å². The number of fused-ring (bicyclic) bond motifs is 1. The molecule has 0 aliphatic carbocycles. The van der Waals surface area contributed by atoms with Gasteiger partial charge >= 0.3 is 0 Å². The Kier molecular flexibility index (Phi) is 2.45. The monoisotopic (exact) mass is 217 g/mol. The highest BCUT2D eigenvalue weighted by atomic mass is 19.1. The second-order valence-electron chi connectivity index (χ2n) is 5.26. The number of aromatic nitrogens is 1. The third kappa shape index (κ3) is 1.80. The second-order valence-corrected chi connectivity index (χ2v) is 5.26. The van der Waals surface area contributed by atoms with E-state index in [1.165, 1.54) is 0 Å². The van der Waals surface area contributed by atoms with Gasteiger partial charge in [0.2, 0.25) is 0 Å². The van der Waals surface area contributed by atoms with Crippen LogP contribution < -0.4 is 0 Å². The topological polar surface area (TPSA) is 12.9 Å². The lowest BCUT2D eigenvalue weighted by atomic mass is 9.85. The Balaban J connectivity index is 2.82. The minimum atomic E-state index is -0.166. The van der Waals surface area contributed by atoms with Gasteiger partial charge in [-0.25, -0.2) is 4.39 Å². The Bertz CT molecular complexity index is 538. The molecule has 1 aromatic carbocycles. The predicted octanol–water partition coefficient (Wildman–Crippen LogP) is 3.98. The van der Waals surface area contributed by atoms with E-state index in [1.54, 1.807) is 19.2 Å². The first kappa shape index (κ1) is 11.1. The minimum absolute atomic E-state index is 0.0246. The molecule has 0 aliphatic rings. The molecule has 0 amide bonds. The Morgan fingerprint density at radius 2 is 1.81 bits per heavy atom. The molecule has 2 rings (SSSR count). The Hall–Kier alpha value is -1.44. The summed E-state index contributed by atoms with van der Waals surface area (Å²) in [5.41, 5.74) is 1.87. The van der Waals surface area contributed by atoms with Gasteiger partial charge in [-0.2, -0.15) is 0 Å². The molecule has 0 N–H and O–H groups in total. The summed E-state index contributed by atoms with van der Waals surface area (Å²) in [5, 5.41) is 1.97. The first-order chi connectivity index (χ1) is 7.39. The summed E-state index contributed by atoms with van der Waals surface area (Å²) in [6.45, 7) is 8.22. The van der Waals surface area contributed by atoms with E-state index in [0.717, 1.165) is 16.3 Å². The van der Waals surface area contributed by atoms with E-state index in [-0.39, 0.29) is 11.2 Å². The fraction of sp³-hybridized carbons (Fsp3) is 0.357. The summed E-state index contributed by atoms with van der Waals surface area (Å²) in [5.74, 6) is -0.166. The van der Waals surface area contributed by atoms with E-state index in [0.29, 0.717) is 5.56 Å². The summed E-state index contributed by atoms with van der Waals surface area (Å²) in [7, 11) is 0. The Labute approximate surface area is 95.3 Å². The van der Waals surface area contributed by atoms with Crippen molar-refractivity contribution in [1.82, 2.24) is 4.98 Å². The van der Waals surface area contributed by atoms with Crippen LogP contribution in [0.2, 0.25) is 0 Å². The zero-order valence-electron chi connectivity index (χ0n) is 10.1. The van der Waals surface area contributed by atoms with Crippen LogP contribution >= 0.6 is 0 Å². The fourth-order valence-electron chi connectivity index (χ4n) is 1.90. The largest absolute Gasteiger partial charge is 0.264 e. The number of hydrogen-bond acceptors (Lipinski definition) is 1. The van der Waals surface area contributed by atoms with Crippen molar-refractivity contribution in [3.8, 4) is 0 Å². The summed E-state index contributed by atoms with van der Waals surface area (Å²) in [6, 6.07) is 3.47. The van der Waals surface area contributed by atoms with Crippen molar-refractivity contribution in [2.45, 2.75) is 33.1 Å². The number of rotatable bonds is 0. The van der Waals surface area contributed by atoms with Crippen LogP contribution in [-0.2, 0) is 5.41 Å². The zero-order valence-corrected chi connectivity index (χ0v) is 10.1. The molecule has 1 heterocycles. The molecule has 0 unspecified atom stereocenters. The van der Waals surface area contributed by atoms with Crippen LogP contribution in [0, 0.1) is 12.7 Å². The van der Waals surface area contributed by atoms with Crippen molar-refractivity contribution >= 4 is 10.8 Å². The van der Waals surface area contributed by atoms with E-state index in [2.05, 4.69) is 25.8 Å². The lowest BCUT2D eigenvalue weighted by Crippen LogP contribution is -2.12. The molecule has 1 nitrogen and oxygen atoms in total. The maximum absolute atomic E-state index is 13.4. The van der Waals surface area contributed by atoms with Crippen molar-refractivity contribution in [3.63, 3.8) is 0 Å². The van der Waals surface area contributed by atoms with Crippen LogP contribution in [0.1, 0.15) is 31.9 Å². The molecule has 2 aromatic rings. The highest BCUT2D eigenvalue weighted by Crippen LogP contribution is 2.30. The van der Waals surface area contributed by atoms with Crippen LogP contribution in [0.3, 0.4) is 0 Å². The molecule has 0 radical (unpaired) electrons. The molecule has 0 bridgehead atoms. The maximum Gasteiger partial charge on any atom is 0.126 e. The third-order valence-corrected chi connectivity index (χ3v) is 2.85. The number of halogens is 1. The number of pyridine rings is 1. The number of benzene rings is 1. The van der Waals surface area contributed by atoms with Gasteiger partial charge in [0, 0.05) is 17.8 Å². The van der Waals surface area contributed by atoms with Gasteiger partial charge in [-0.15, -0.1) is 0 Å². The first-order valence-electron chi connectivity index (χ1n) is 5.44. The molecule has 0 aliphatic heterocycles. The Morgan fingerprint density at radius 1 is 1.12 bits per heavy atom. The van der Waals surface area contributed by atoms with Gasteiger partial charge in [0.25, 0.3) is 0 Å². The van der Waals surface area contributed by atoms with Gasteiger partial charge in [-0.3, -0.25) is 4.98 Å². The molecule has 0 spiro atoms. The number of hydrogen-bond donors (Lipinski definition) is 0. The average Bonchev–Trinajstić information content (AvgIpc) is 2.17. The highest BCUT2D eigenvalue weighted by Gasteiger charge is 2.17. The number of nitrogens with zero attached hydrogens (tertiary/aromatic N) is 1. The highest BCUT2D eigenvalue weighted by molar-refractivity contribution is 5.86. The van der Waals surface area contributed by atoms with Crippen molar-refractivity contribution < 1.29 is 4.39 Å². The normalized spacial score (nSPS) is 12.1. The molecule has 1 aromatic heterocycles. The summed E-state index contributed by atoms with van der Waals surface area (Å²) in [6.07, 6.45) is 3.59. The van der Waals surface area contributed by atoms with Crippen LogP contribution in [0.5, 0.6) is 0 Å². The zero-order chi connectivity index (χ0) is 11.9. The van der Waals surface area contributed by atoms with Crippen molar-refractivity contribution in [2.75, 3.05) is 0 Å². The van der Waals surface area contributed by atoms with Gasteiger partial charge in [-0.1, -0.05) is 20.8 Å². The van der Waals surface area contributed by atoms with Gasteiger partial charge in [-0.05, 0) is 41.0 Å². The van der Waals surface area contributed by atoms with E-state index in [9.17, 15) is 4.39 Å². The van der Waals surface area contributed by atoms with Gasteiger partial charge < -0.3 is 0 Å². The third-order valence-electron chi connectivity index (χ3n) is 2.85. The quantitative estimate of drug-likeness (QED) is 0.650. The number of aryl methyl sites for hydroxylation is 1. The van der Waals surface area contributed by atoms with Crippen LogP contribution in [0.15, 0.2) is 24.5 Å². The molecule has 0 saturated heterocycles. The van der Waals surface area contributed by atoms with E-state index in [4.69, 9.17) is 0 Å². The molecular formula is C14H16FN. The second kappa shape index (κ2) is 3.55. The SMILES string of the molecule is Cc1cc2c(C(C)(C)C)cncc2cc1F. The van der Waals surface area contributed by atoms with E-state index < -0.39 is 0 Å². The molecular weight excluding hydrogens is 201 g/mol.